The monoisotopic (exact) mass is 343 g/mol. The summed E-state index contributed by atoms with van der Waals surface area (Å²) in [5.41, 5.74) is -0.0660. The Balaban J connectivity index is 2.25. The Bertz CT molecular complexity index is 722. The number of hydrogen-bond donors (Lipinski definition) is 2. The van der Waals surface area contributed by atoms with Gasteiger partial charge >= 0.3 is 12.0 Å². The van der Waals surface area contributed by atoms with Crippen LogP contribution in [-0.2, 0) is 0 Å². The van der Waals surface area contributed by atoms with Crippen molar-refractivity contribution in [3.63, 3.8) is 0 Å². The zero-order valence-electron chi connectivity index (χ0n) is 12.3. The van der Waals surface area contributed by atoms with E-state index in [4.69, 9.17) is 0 Å². The number of nitrogens with zero attached hydrogens (tertiary/aromatic N) is 3. The molecule has 0 saturated carbocycles. The lowest BCUT2D eigenvalue weighted by Crippen LogP contribution is -2.17. The SMILES string of the molecule is CCNc1ncnc(Nc2ccc(OC(F)(F)F)cc2)c1[N+](=O)[O-]. The van der Waals surface area contributed by atoms with Crippen molar-refractivity contribution in [2.45, 2.75) is 13.3 Å². The van der Waals surface area contributed by atoms with E-state index >= 15 is 0 Å². The fourth-order valence-electron chi connectivity index (χ4n) is 1.82. The average molecular weight is 343 g/mol. The number of hydrogen-bond acceptors (Lipinski definition) is 7. The third kappa shape index (κ3) is 4.44. The third-order valence-corrected chi connectivity index (χ3v) is 2.70. The van der Waals surface area contributed by atoms with Gasteiger partial charge in [0, 0.05) is 12.2 Å². The van der Waals surface area contributed by atoms with E-state index in [0.717, 1.165) is 18.5 Å². The summed E-state index contributed by atoms with van der Waals surface area (Å²) in [4.78, 5) is 18.2. The molecular formula is C13H12F3N5O3. The summed E-state index contributed by atoms with van der Waals surface area (Å²) >= 11 is 0. The smallest absolute Gasteiger partial charge is 0.406 e. The number of anilines is 3. The second kappa shape index (κ2) is 6.98. The molecule has 8 nitrogen and oxygen atoms in total. The van der Waals surface area contributed by atoms with Gasteiger partial charge in [0.1, 0.15) is 12.1 Å². The van der Waals surface area contributed by atoms with Crippen LogP contribution in [0.15, 0.2) is 30.6 Å². The predicted molar refractivity (Wildman–Crippen MR) is 79.3 cm³/mol. The summed E-state index contributed by atoms with van der Waals surface area (Å²) in [5.74, 6) is -0.453. The zero-order valence-corrected chi connectivity index (χ0v) is 12.3. The summed E-state index contributed by atoms with van der Waals surface area (Å²) in [7, 11) is 0. The van der Waals surface area contributed by atoms with Crippen LogP contribution in [0.3, 0.4) is 0 Å². The lowest BCUT2D eigenvalue weighted by Gasteiger charge is -2.11. The molecule has 0 fully saturated rings. The van der Waals surface area contributed by atoms with E-state index in [1.54, 1.807) is 6.92 Å². The van der Waals surface area contributed by atoms with Crippen LogP contribution in [0, 0.1) is 10.1 Å². The molecule has 1 aromatic heterocycles. The largest absolute Gasteiger partial charge is 0.573 e. The Labute approximate surface area is 133 Å². The molecule has 0 spiro atoms. The van der Waals surface area contributed by atoms with Crippen molar-refractivity contribution in [2.75, 3.05) is 17.2 Å². The fourth-order valence-corrected chi connectivity index (χ4v) is 1.82. The highest BCUT2D eigenvalue weighted by Crippen LogP contribution is 2.31. The summed E-state index contributed by atoms with van der Waals surface area (Å²) < 4.78 is 40.1. The Kier molecular flexibility index (Phi) is 5.02. The molecule has 2 N–H and O–H groups in total. The first-order valence-electron chi connectivity index (χ1n) is 6.66. The molecule has 0 saturated heterocycles. The summed E-state index contributed by atoms with van der Waals surface area (Å²) in [5, 5.41) is 16.6. The molecule has 0 radical (unpaired) electrons. The maximum atomic E-state index is 12.1. The van der Waals surface area contributed by atoms with Crippen molar-refractivity contribution in [3.8, 4) is 5.75 Å². The van der Waals surface area contributed by atoms with Crippen LogP contribution in [0.4, 0.5) is 36.2 Å². The molecule has 1 heterocycles. The summed E-state index contributed by atoms with van der Waals surface area (Å²) in [6, 6.07) is 4.71. The topological polar surface area (TPSA) is 102 Å². The Morgan fingerprint density at radius 3 is 2.38 bits per heavy atom. The van der Waals surface area contributed by atoms with Crippen molar-refractivity contribution in [1.29, 1.82) is 0 Å². The fraction of sp³-hybridized carbons (Fsp3) is 0.231. The zero-order chi connectivity index (χ0) is 17.7. The van der Waals surface area contributed by atoms with Gasteiger partial charge < -0.3 is 15.4 Å². The molecule has 1 aromatic carbocycles. The molecule has 2 rings (SSSR count). The van der Waals surface area contributed by atoms with Crippen molar-refractivity contribution < 1.29 is 22.8 Å². The molecule has 11 heteroatoms. The van der Waals surface area contributed by atoms with Crippen LogP contribution in [0.1, 0.15) is 6.92 Å². The van der Waals surface area contributed by atoms with Gasteiger partial charge in [-0.05, 0) is 31.2 Å². The van der Waals surface area contributed by atoms with Gasteiger partial charge in [0.25, 0.3) is 0 Å². The highest BCUT2D eigenvalue weighted by molar-refractivity contribution is 5.73. The molecular weight excluding hydrogens is 331 g/mol. The van der Waals surface area contributed by atoms with Crippen LogP contribution < -0.4 is 15.4 Å². The maximum Gasteiger partial charge on any atom is 0.573 e. The number of aromatic nitrogens is 2. The van der Waals surface area contributed by atoms with E-state index in [1.807, 2.05) is 0 Å². The summed E-state index contributed by atoms with van der Waals surface area (Å²) in [6.45, 7) is 2.17. The molecule has 24 heavy (non-hydrogen) atoms. The minimum absolute atomic E-state index is 0.0389. The first-order chi connectivity index (χ1) is 11.3. The number of alkyl halides is 3. The van der Waals surface area contributed by atoms with Crippen molar-refractivity contribution in [1.82, 2.24) is 9.97 Å². The van der Waals surface area contributed by atoms with Crippen LogP contribution in [0.25, 0.3) is 0 Å². The minimum Gasteiger partial charge on any atom is -0.406 e. The Hall–Kier alpha value is -3.11. The molecule has 0 amide bonds. The van der Waals surface area contributed by atoms with E-state index in [2.05, 4.69) is 25.3 Å². The van der Waals surface area contributed by atoms with E-state index in [9.17, 15) is 23.3 Å². The second-order valence-corrected chi connectivity index (χ2v) is 4.40. The minimum atomic E-state index is -4.79. The van der Waals surface area contributed by atoms with Crippen LogP contribution in [0.5, 0.6) is 5.75 Å². The number of nitro groups is 1. The highest BCUT2D eigenvalue weighted by atomic mass is 19.4. The molecule has 0 unspecified atom stereocenters. The Morgan fingerprint density at radius 1 is 1.21 bits per heavy atom. The normalized spacial score (nSPS) is 11.0. The molecule has 0 aliphatic carbocycles. The lowest BCUT2D eigenvalue weighted by atomic mass is 10.3. The van der Waals surface area contributed by atoms with E-state index < -0.39 is 17.0 Å². The van der Waals surface area contributed by atoms with Gasteiger partial charge in [-0.3, -0.25) is 10.1 Å². The van der Waals surface area contributed by atoms with E-state index in [-0.39, 0.29) is 17.3 Å². The third-order valence-electron chi connectivity index (χ3n) is 2.70. The molecule has 0 aliphatic heterocycles. The van der Waals surface area contributed by atoms with Gasteiger partial charge in [-0.2, -0.15) is 0 Å². The first-order valence-corrected chi connectivity index (χ1v) is 6.66. The number of rotatable bonds is 6. The van der Waals surface area contributed by atoms with Crippen molar-refractivity contribution in [2.24, 2.45) is 0 Å². The highest BCUT2D eigenvalue weighted by Gasteiger charge is 2.31. The molecule has 0 bridgehead atoms. The predicted octanol–water partition coefficient (Wildman–Crippen LogP) is 3.46. The average Bonchev–Trinajstić information content (AvgIpc) is 2.48. The number of halogens is 3. The van der Waals surface area contributed by atoms with Gasteiger partial charge in [-0.15, -0.1) is 13.2 Å². The van der Waals surface area contributed by atoms with Crippen LogP contribution in [0.2, 0.25) is 0 Å². The first kappa shape index (κ1) is 17.2. The number of nitrogens with one attached hydrogen (secondary N) is 2. The number of ether oxygens (including phenoxy) is 1. The quantitative estimate of drug-likeness (QED) is 0.611. The summed E-state index contributed by atoms with van der Waals surface area (Å²) in [6.07, 6.45) is -3.66. The van der Waals surface area contributed by atoms with Gasteiger partial charge in [0.15, 0.2) is 0 Å². The standard InChI is InChI=1S/C13H12F3N5O3/c1-2-17-11-10(21(22)23)12(19-7-18-11)20-8-3-5-9(6-4-8)24-13(14,15)16/h3-7H,2H2,1H3,(H2,17,18,19,20). The van der Waals surface area contributed by atoms with Gasteiger partial charge in [0.2, 0.25) is 11.6 Å². The molecule has 0 atom stereocenters. The van der Waals surface area contributed by atoms with Crippen LogP contribution >= 0.6 is 0 Å². The Morgan fingerprint density at radius 2 is 1.83 bits per heavy atom. The molecule has 2 aromatic rings. The van der Waals surface area contributed by atoms with Gasteiger partial charge in [-0.1, -0.05) is 0 Å². The van der Waals surface area contributed by atoms with E-state index in [1.165, 1.54) is 12.1 Å². The van der Waals surface area contributed by atoms with Crippen molar-refractivity contribution in [3.05, 3.63) is 40.7 Å². The molecule has 0 aliphatic rings. The maximum absolute atomic E-state index is 12.1. The van der Waals surface area contributed by atoms with Crippen molar-refractivity contribution >= 4 is 23.0 Å². The van der Waals surface area contributed by atoms with Gasteiger partial charge in [0.05, 0.1) is 4.92 Å². The second-order valence-electron chi connectivity index (χ2n) is 4.40. The molecule has 128 valence electrons. The number of benzene rings is 1. The van der Waals surface area contributed by atoms with E-state index in [0.29, 0.717) is 12.2 Å². The van der Waals surface area contributed by atoms with Gasteiger partial charge in [-0.25, -0.2) is 9.97 Å². The lowest BCUT2D eigenvalue weighted by molar-refractivity contribution is -0.383. The van der Waals surface area contributed by atoms with Crippen LogP contribution in [-0.4, -0.2) is 27.8 Å².